The Morgan fingerprint density at radius 3 is 1.82 bits per heavy atom. The van der Waals surface area contributed by atoms with Crippen LogP contribution in [0.4, 0.5) is 0 Å². The summed E-state index contributed by atoms with van der Waals surface area (Å²) in [5.41, 5.74) is -1.76. The molecule has 3 aromatic carbocycles. The van der Waals surface area contributed by atoms with Gasteiger partial charge in [0.05, 0.1) is 12.1 Å². The van der Waals surface area contributed by atoms with Crippen LogP contribution in [0, 0.1) is 0 Å². The van der Waals surface area contributed by atoms with E-state index in [1.807, 2.05) is 97.9 Å². The molecule has 1 aliphatic heterocycles. The monoisotopic (exact) mass is 535 g/mol. The van der Waals surface area contributed by atoms with Gasteiger partial charge in [-0.25, -0.2) is 0 Å². The first-order chi connectivity index (χ1) is 18.3. The molecule has 1 unspecified atom stereocenters. The van der Waals surface area contributed by atoms with Gasteiger partial charge in [0.15, 0.2) is 0 Å². The summed E-state index contributed by atoms with van der Waals surface area (Å²) in [7, 11) is 0. The molecule has 0 aliphatic carbocycles. The van der Waals surface area contributed by atoms with Crippen LogP contribution in [-0.2, 0) is 28.8 Å². The maximum absolute atomic E-state index is 12.6. The maximum atomic E-state index is 12.6. The van der Waals surface area contributed by atoms with Crippen LogP contribution in [0.1, 0.15) is 30.5 Å². The SMILES string of the molecule is CCS[C@@H]1O[C@H](C(O)Cc2ccccc2)[C@](O)(Cc2ccccc2)[C@@H](NC(C)=O)[C@]1(O)Cc1ccccc1. The Morgan fingerprint density at radius 2 is 1.34 bits per heavy atom. The van der Waals surface area contributed by atoms with Crippen LogP contribution in [0.15, 0.2) is 91.0 Å². The topological polar surface area (TPSA) is 99.0 Å². The molecule has 4 N–H and O–H groups in total. The highest BCUT2D eigenvalue weighted by Gasteiger charge is 2.64. The molecule has 7 heteroatoms. The highest BCUT2D eigenvalue weighted by Crippen LogP contribution is 2.45. The second kappa shape index (κ2) is 12.5. The smallest absolute Gasteiger partial charge is 0.217 e. The molecule has 1 aliphatic rings. The molecule has 0 saturated carbocycles. The van der Waals surface area contributed by atoms with Gasteiger partial charge < -0.3 is 25.4 Å². The molecule has 0 aromatic heterocycles. The zero-order valence-electron chi connectivity index (χ0n) is 21.9. The van der Waals surface area contributed by atoms with Crippen molar-refractivity contribution < 1.29 is 24.9 Å². The first-order valence-corrected chi connectivity index (χ1v) is 14.1. The van der Waals surface area contributed by atoms with Crippen LogP contribution >= 0.6 is 11.8 Å². The van der Waals surface area contributed by atoms with Crippen molar-refractivity contribution in [3.63, 3.8) is 0 Å². The number of thioether (sulfide) groups is 1. The molecule has 3 aromatic rings. The van der Waals surface area contributed by atoms with E-state index in [0.29, 0.717) is 5.75 Å². The molecule has 0 radical (unpaired) electrons. The minimum atomic E-state index is -1.82. The van der Waals surface area contributed by atoms with Crippen LogP contribution in [0.5, 0.6) is 0 Å². The number of aliphatic hydroxyl groups excluding tert-OH is 1. The zero-order chi connectivity index (χ0) is 27.2. The largest absolute Gasteiger partial charge is 0.390 e. The highest BCUT2D eigenvalue weighted by atomic mass is 32.2. The maximum Gasteiger partial charge on any atom is 0.217 e. The number of nitrogens with one attached hydrogen (secondary N) is 1. The molecule has 202 valence electrons. The number of benzene rings is 3. The van der Waals surface area contributed by atoms with Crippen molar-refractivity contribution in [2.75, 3.05) is 5.75 Å². The number of amides is 1. The lowest BCUT2D eigenvalue weighted by atomic mass is 9.68. The normalized spacial score (nSPS) is 28.0. The number of carbonyl (C=O) groups is 1. The summed E-state index contributed by atoms with van der Waals surface area (Å²) < 4.78 is 6.51. The van der Waals surface area contributed by atoms with Crippen molar-refractivity contribution in [1.29, 1.82) is 0 Å². The number of hydrogen-bond donors (Lipinski definition) is 4. The molecule has 6 atom stereocenters. The van der Waals surface area contributed by atoms with Gasteiger partial charge in [0.1, 0.15) is 22.7 Å². The van der Waals surface area contributed by atoms with Gasteiger partial charge in [0, 0.05) is 26.2 Å². The second-order valence-corrected chi connectivity index (χ2v) is 11.4. The van der Waals surface area contributed by atoms with Gasteiger partial charge >= 0.3 is 0 Å². The summed E-state index contributed by atoms with van der Waals surface area (Å²) >= 11 is 1.40. The zero-order valence-corrected chi connectivity index (χ0v) is 22.7. The predicted octanol–water partition coefficient (Wildman–Crippen LogP) is 3.52. The van der Waals surface area contributed by atoms with Gasteiger partial charge in [0.25, 0.3) is 0 Å². The van der Waals surface area contributed by atoms with Crippen molar-refractivity contribution in [3.05, 3.63) is 108 Å². The molecule has 0 spiro atoms. The third kappa shape index (κ3) is 6.30. The van der Waals surface area contributed by atoms with Crippen molar-refractivity contribution >= 4 is 17.7 Å². The number of ether oxygens (including phenoxy) is 1. The van der Waals surface area contributed by atoms with E-state index >= 15 is 0 Å². The van der Waals surface area contributed by atoms with Gasteiger partial charge in [-0.3, -0.25) is 4.79 Å². The lowest BCUT2D eigenvalue weighted by molar-refractivity contribution is -0.267. The Morgan fingerprint density at radius 1 is 0.868 bits per heavy atom. The third-order valence-electron chi connectivity index (χ3n) is 7.13. The fourth-order valence-electron chi connectivity index (χ4n) is 5.51. The molecule has 4 rings (SSSR count). The minimum absolute atomic E-state index is 0.0654. The van der Waals surface area contributed by atoms with E-state index in [4.69, 9.17) is 4.74 Å². The van der Waals surface area contributed by atoms with E-state index in [1.165, 1.54) is 18.7 Å². The van der Waals surface area contributed by atoms with Crippen molar-refractivity contribution in [2.24, 2.45) is 0 Å². The van der Waals surface area contributed by atoms with Crippen LogP contribution in [-0.4, -0.2) is 61.9 Å². The Bertz CT molecular complexity index is 1160. The van der Waals surface area contributed by atoms with Crippen LogP contribution in [0.3, 0.4) is 0 Å². The van der Waals surface area contributed by atoms with Gasteiger partial charge in [-0.05, 0) is 22.4 Å². The first-order valence-electron chi connectivity index (χ1n) is 13.0. The summed E-state index contributed by atoms with van der Waals surface area (Å²) in [5, 5.41) is 39.4. The lowest BCUT2D eigenvalue weighted by Gasteiger charge is -2.57. The lowest BCUT2D eigenvalue weighted by Crippen LogP contribution is -2.79. The fraction of sp³-hybridized carbons (Fsp3) is 0.387. The molecule has 6 nitrogen and oxygen atoms in total. The summed E-state index contributed by atoms with van der Waals surface area (Å²) in [6.45, 7) is 3.34. The average Bonchev–Trinajstić information content (AvgIpc) is 2.90. The van der Waals surface area contributed by atoms with Crippen molar-refractivity contribution in [1.82, 2.24) is 5.32 Å². The van der Waals surface area contributed by atoms with Crippen LogP contribution < -0.4 is 5.32 Å². The van der Waals surface area contributed by atoms with E-state index in [0.717, 1.165) is 16.7 Å². The quantitative estimate of drug-likeness (QED) is 0.317. The molecule has 38 heavy (non-hydrogen) atoms. The summed E-state index contributed by atoms with van der Waals surface area (Å²) in [5.74, 6) is 0.249. The number of rotatable bonds is 10. The Labute approximate surface area is 229 Å². The summed E-state index contributed by atoms with van der Waals surface area (Å²) in [4.78, 5) is 12.6. The van der Waals surface area contributed by atoms with Gasteiger partial charge in [-0.1, -0.05) is 97.9 Å². The van der Waals surface area contributed by atoms with E-state index in [1.54, 1.807) is 0 Å². The molecule has 1 amide bonds. The highest BCUT2D eigenvalue weighted by molar-refractivity contribution is 7.99. The predicted molar refractivity (Wildman–Crippen MR) is 151 cm³/mol. The van der Waals surface area contributed by atoms with E-state index in [9.17, 15) is 20.1 Å². The summed E-state index contributed by atoms with van der Waals surface area (Å²) in [6, 6.07) is 27.3. The Balaban J connectivity index is 1.82. The van der Waals surface area contributed by atoms with Crippen molar-refractivity contribution in [3.8, 4) is 0 Å². The fourth-order valence-corrected chi connectivity index (χ4v) is 6.52. The third-order valence-corrected chi connectivity index (χ3v) is 8.29. The number of aliphatic hydroxyl groups is 3. The first kappa shape index (κ1) is 28.3. The summed E-state index contributed by atoms with van der Waals surface area (Å²) in [6.07, 6.45) is -1.72. The number of carbonyl (C=O) groups excluding carboxylic acids is 1. The van der Waals surface area contributed by atoms with E-state index < -0.39 is 34.9 Å². The Hall–Kier alpha value is -2.68. The molecule has 0 bridgehead atoms. The molecular formula is C31H37NO5S. The molecule has 1 heterocycles. The molecule has 1 fully saturated rings. The number of hydrogen-bond acceptors (Lipinski definition) is 6. The average molecular weight is 536 g/mol. The van der Waals surface area contributed by atoms with Gasteiger partial charge in [-0.15, -0.1) is 11.8 Å². The molecule has 1 saturated heterocycles. The van der Waals surface area contributed by atoms with Crippen LogP contribution in [0.25, 0.3) is 0 Å². The van der Waals surface area contributed by atoms with Crippen LogP contribution in [0.2, 0.25) is 0 Å². The van der Waals surface area contributed by atoms with Gasteiger partial charge in [-0.2, -0.15) is 0 Å². The second-order valence-electron chi connectivity index (χ2n) is 10.0. The van der Waals surface area contributed by atoms with E-state index in [-0.39, 0.29) is 25.2 Å². The van der Waals surface area contributed by atoms with Crippen molar-refractivity contribution in [2.45, 2.75) is 68.0 Å². The van der Waals surface area contributed by atoms with E-state index in [2.05, 4.69) is 5.32 Å². The Kier molecular flexibility index (Phi) is 9.28. The standard InChI is InChI=1S/C31H37NO5S/c1-3-38-29-31(36,21-25-17-11-6-12-18-25)28(32-22(2)33)30(35,20-24-15-9-5-10-16-24)27(37-29)26(34)19-23-13-7-4-8-14-23/h4-18,26-29,34-36H,3,19-21H2,1-2H3,(H,32,33)/t26?,27-,28-,29+,30-,31-/m1/s1. The minimum Gasteiger partial charge on any atom is -0.390 e. The van der Waals surface area contributed by atoms with Gasteiger partial charge in [0.2, 0.25) is 5.91 Å². The molecular weight excluding hydrogens is 498 g/mol.